The van der Waals surface area contributed by atoms with Crippen LogP contribution in [0.15, 0.2) is 133 Å². The van der Waals surface area contributed by atoms with E-state index in [0.29, 0.717) is 29.7 Å². The van der Waals surface area contributed by atoms with Gasteiger partial charge < -0.3 is 33.4 Å². The lowest BCUT2D eigenvalue weighted by atomic mass is 9.79. The van der Waals surface area contributed by atoms with Crippen LogP contribution in [0.25, 0.3) is 0 Å². The van der Waals surface area contributed by atoms with E-state index < -0.39 is 26.8 Å². The monoisotopic (exact) mass is 1500 g/mol. The topological polar surface area (TPSA) is 157 Å². The van der Waals surface area contributed by atoms with Gasteiger partial charge in [-0.3, -0.25) is 0 Å². The summed E-state index contributed by atoms with van der Waals surface area (Å²) in [5.41, 5.74) is 0.166. The number of ether oxygens (including phenoxy) is 4. The van der Waals surface area contributed by atoms with Crippen molar-refractivity contribution in [1.29, 1.82) is 0 Å². The van der Waals surface area contributed by atoms with Crippen LogP contribution < -0.4 is 24.4 Å². The van der Waals surface area contributed by atoms with Crippen molar-refractivity contribution >= 4 is 156 Å². The minimum absolute atomic E-state index is 0. The zero-order valence-electron chi connectivity index (χ0n) is 40.5. The zero-order chi connectivity index (χ0) is 53.5. The Hall–Kier alpha value is -1.38. The van der Waals surface area contributed by atoms with Crippen molar-refractivity contribution < 1.29 is 50.2 Å². The van der Waals surface area contributed by atoms with Gasteiger partial charge in [-0.25, -0.2) is 21.8 Å². The van der Waals surface area contributed by atoms with Crippen LogP contribution in [0, 0.1) is 0 Å². The lowest BCUT2D eigenvalue weighted by Gasteiger charge is -2.32. The van der Waals surface area contributed by atoms with Gasteiger partial charge in [0, 0.05) is 64.4 Å². The highest BCUT2D eigenvalue weighted by Crippen LogP contribution is 2.36. The first-order chi connectivity index (χ1) is 33.3. The number of sulfone groups is 2. The van der Waals surface area contributed by atoms with Gasteiger partial charge in [-0.2, -0.15) is 11.8 Å². The second kappa shape index (κ2) is 38.2. The summed E-state index contributed by atoms with van der Waals surface area (Å²) in [5, 5.41) is 11.7. The highest BCUT2D eigenvalue weighted by molar-refractivity contribution is 9.12. The smallest absolute Gasteiger partial charge is 0.494 e. The van der Waals surface area contributed by atoms with E-state index in [2.05, 4.69) is 123 Å². The Morgan fingerprint density at radius 3 is 1.26 bits per heavy atom. The average Bonchev–Trinajstić information content (AvgIpc) is 3.54. The molecule has 1 aliphatic heterocycles. The molecule has 0 aliphatic carbocycles. The quantitative estimate of drug-likeness (QED) is 0.0533. The number of hydrogen-bond donors (Lipinski definition) is 1. The number of aromatic hydroxyl groups is 1. The summed E-state index contributed by atoms with van der Waals surface area (Å²) in [4.78, 5) is 4.07. The van der Waals surface area contributed by atoms with Crippen LogP contribution in [0.3, 0.4) is 0 Å². The van der Waals surface area contributed by atoms with Crippen LogP contribution in [-0.4, -0.2) is 124 Å². The molecular formula is C49H65BBr7NO11S3. The second-order valence-corrected chi connectivity index (χ2v) is 27.1. The summed E-state index contributed by atoms with van der Waals surface area (Å²) in [5.74, 6) is 4.25. The van der Waals surface area contributed by atoms with Crippen molar-refractivity contribution in [2.24, 2.45) is 0 Å². The molecule has 0 unspecified atom stereocenters. The molecule has 0 bridgehead atoms. The van der Waals surface area contributed by atoms with E-state index in [1.54, 1.807) is 66.5 Å². The number of benzene rings is 4. The molecule has 5 aromatic rings. The molecule has 0 radical (unpaired) electrons. The molecule has 1 saturated heterocycles. The van der Waals surface area contributed by atoms with E-state index >= 15 is 0 Å². The lowest BCUT2D eigenvalue weighted by molar-refractivity contribution is 0.00578. The molecule has 1 aromatic heterocycles. The number of alkyl halides is 3. The number of pyridine rings is 1. The first-order valence-corrected chi connectivity index (χ1v) is 33.4. The van der Waals surface area contributed by atoms with E-state index in [-0.39, 0.29) is 43.3 Å². The average molecular weight is 1510 g/mol. The standard InChI is InChI=1S/C15H23BO5S.C9H11BrO3S.C8H8Br2O.C8H10BrNOS.C6H5BrO.C2H4Br2.CH4/c1-14(2)15(3,4)21-16(20-14)12-6-8-13(9-7-12)19-10-11-22(5,17)18;1-14(11,12)7-6-13-9-4-2-8(10)3-5-9;9-5-6-11-8-3-1-7(10)2-4-8;1-12-5-4-11-8-3-2-7(9)6-10-8;7-5-1-3-6(8)4-2-5;3-1-2-4;/h6-9H,10-11H2,1-5H3;2-5H,6-7H2,1H3;1-4H,5-6H2;2-3,6H,4-5H2,1H3;1-4,8H;1-2H2;1H4. The largest absolute Gasteiger partial charge is 0.508 e. The van der Waals surface area contributed by atoms with Gasteiger partial charge in [-0.1, -0.05) is 115 Å². The Labute approximate surface area is 492 Å². The third-order valence-electron chi connectivity index (χ3n) is 8.96. The first-order valence-electron chi connectivity index (χ1n) is 21.4. The van der Waals surface area contributed by atoms with Gasteiger partial charge in [0.15, 0.2) is 19.7 Å². The fraction of sp³-hybridized carbons (Fsp3) is 0.408. The summed E-state index contributed by atoms with van der Waals surface area (Å²) in [6.07, 6.45) is 6.17. The summed E-state index contributed by atoms with van der Waals surface area (Å²) < 4.78 is 81.0. The predicted octanol–water partition coefficient (Wildman–Crippen LogP) is 13.7. The summed E-state index contributed by atoms with van der Waals surface area (Å²) >= 11 is 24.6. The molecule has 23 heteroatoms. The first kappa shape index (κ1) is 70.6. The zero-order valence-corrected chi connectivity index (χ0v) is 54.0. The molecular weight excluding hydrogens is 1440 g/mol. The maximum atomic E-state index is 11.1. The van der Waals surface area contributed by atoms with Gasteiger partial charge in [0.1, 0.15) is 36.2 Å². The van der Waals surface area contributed by atoms with Gasteiger partial charge in [0.05, 0.1) is 35.9 Å². The SMILES string of the molecule is BrCCBr.BrCCOc1ccc(Br)cc1.C.CC1(C)OB(c2ccc(OCCS(C)(=O)=O)cc2)OC1(C)C.CS(=O)(=O)CCOc1ccc(Br)cc1.CSCCOc1ccc(Br)cn1.Oc1ccc(Br)cc1. The van der Waals surface area contributed by atoms with E-state index in [1.807, 2.05) is 88.4 Å². The van der Waals surface area contributed by atoms with E-state index in [4.69, 9.17) is 33.4 Å². The van der Waals surface area contributed by atoms with Gasteiger partial charge in [0.25, 0.3) is 0 Å². The molecule has 1 N–H and O–H groups in total. The maximum Gasteiger partial charge on any atom is 0.494 e. The van der Waals surface area contributed by atoms with Gasteiger partial charge in [0.2, 0.25) is 5.88 Å². The van der Waals surface area contributed by atoms with Crippen molar-refractivity contribution in [3.05, 3.63) is 133 Å². The molecule has 402 valence electrons. The number of rotatable bonds is 17. The fourth-order valence-electron chi connectivity index (χ4n) is 4.66. The number of aromatic nitrogens is 1. The highest BCUT2D eigenvalue weighted by atomic mass is 79.9. The van der Waals surface area contributed by atoms with Gasteiger partial charge in [-0.05, 0) is 146 Å². The highest BCUT2D eigenvalue weighted by Gasteiger charge is 2.51. The number of thioether (sulfide) groups is 1. The van der Waals surface area contributed by atoms with Crippen molar-refractivity contribution in [3.8, 4) is 28.9 Å². The van der Waals surface area contributed by atoms with Crippen LogP contribution in [0.2, 0.25) is 0 Å². The van der Waals surface area contributed by atoms with Crippen LogP contribution in [0.1, 0.15) is 35.1 Å². The Morgan fingerprint density at radius 1 is 0.556 bits per heavy atom. The number of nitrogens with zero attached hydrogens (tertiary/aromatic N) is 1. The summed E-state index contributed by atoms with van der Waals surface area (Å²) in [6, 6.07) is 33.0. The van der Waals surface area contributed by atoms with E-state index in [9.17, 15) is 16.8 Å². The van der Waals surface area contributed by atoms with Gasteiger partial charge in [-0.15, -0.1) is 0 Å². The molecule has 6 rings (SSSR count). The Balaban J connectivity index is 0.000000888. The van der Waals surface area contributed by atoms with E-state index in [1.165, 1.54) is 12.5 Å². The predicted molar refractivity (Wildman–Crippen MR) is 326 cm³/mol. The maximum absolute atomic E-state index is 11.1. The molecule has 0 spiro atoms. The third kappa shape index (κ3) is 34.3. The molecule has 2 heterocycles. The van der Waals surface area contributed by atoms with Crippen LogP contribution in [0.5, 0.6) is 28.9 Å². The van der Waals surface area contributed by atoms with Crippen LogP contribution in [-0.2, 0) is 29.0 Å². The molecule has 0 atom stereocenters. The van der Waals surface area contributed by atoms with Crippen molar-refractivity contribution in [2.75, 3.05) is 78.4 Å². The Kier molecular flexibility index (Phi) is 37.5. The van der Waals surface area contributed by atoms with Crippen LogP contribution >= 0.6 is 123 Å². The molecule has 72 heavy (non-hydrogen) atoms. The minimum Gasteiger partial charge on any atom is -0.508 e. The summed E-state index contributed by atoms with van der Waals surface area (Å²) in [7, 11) is -6.35. The summed E-state index contributed by atoms with van der Waals surface area (Å²) in [6.45, 7) is 9.81. The second-order valence-electron chi connectivity index (χ2n) is 15.6. The van der Waals surface area contributed by atoms with Crippen LogP contribution in [0.4, 0.5) is 0 Å². The molecule has 0 saturated carbocycles. The minimum atomic E-state index is -3.01. The van der Waals surface area contributed by atoms with Crippen molar-refractivity contribution in [3.63, 3.8) is 0 Å². The number of phenols is 1. The fourth-order valence-corrected chi connectivity index (χ4v) is 6.87. The van der Waals surface area contributed by atoms with E-state index in [0.717, 1.165) is 57.5 Å². The lowest BCUT2D eigenvalue weighted by Crippen LogP contribution is -2.41. The molecule has 0 amide bonds. The normalized spacial score (nSPS) is 12.9. The number of hydrogen-bond acceptors (Lipinski definition) is 13. The molecule has 4 aromatic carbocycles. The van der Waals surface area contributed by atoms with Crippen molar-refractivity contribution in [2.45, 2.75) is 46.3 Å². The molecule has 1 aliphatic rings. The van der Waals surface area contributed by atoms with Gasteiger partial charge >= 0.3 is 7.12 Å². The third-order valence-corrected chi connectivity index (χ3v) is 15.6. The number of phenolic OH excluding ortho intramolecular Hbond substituents is 1. The molecule has 1 fully saturated rings. The van der Waals surface area contributed by atoms with Crippen molar-refractivity contribution in [1.82, 2.24) is 4.98 Å². The number of halogens is 7. The molecule has 12 nitrogen and oxygen atoms in total. The Bertz CT molecular complexity index is 2370. The Morgan fingerprint density at radius 2 is 0.931 bits per heavy atom.